The highest BCUT2D eigenvalue weighted by atomic mass is 15.0. The Kier molecular flexibility index (Phi) is 2.94. The predicted molar refractivity (Wildman–Crippen MR) is 68.3 cm³/mol. The van der Waals surface area contributed by atoms with Crippen molar-refractivity contribution in [2.75, 3.05) is 0 Å². The van der Waals surface area contributed by atoms with Crippen molar-refractivity contribution in [1.29, 1.82) is 0 Å². The van der Waals surface area contributed by atoms with Gasteiger partial charge in [-0.25, -0.2) is 0 Å². The normalized spacial score (nSPS) is 22.8. The zero-order valence-electron chi connectivity index (χ0n) is 10.4. The summed E-state index contributed by atoms with van der Waals surface area (Å²) in [5.74, 6) is 0. The Hall–Kier alpha value is -1.02. The van der Waals surface area contributed by atoms with Crippen LogP contribution in [0.2, 0.25) is 0 Å². The van der Waals surface area contributed by atoms with Gasteiger partial charge in [-0.1, -0.05) is 19.9 Å². The van der Waals surface area contributed by atoms with Crippen LogP contribution >= 0.6 is 0 Å². The average Bonchev–Trinajstić information content (AvgIpc) is 2.56. The molecule has 0 aliphatic heterocycles. The van der Waals surface area contributed by atoms with Crippen LogP contribution < -0.4 is 5.73 Å². The van der Waals surface area contributed by atoms with Gasteiger partial charge in [0.1, 0.15) is 0 Å². The second-order valence-corrected chi connectivity index (χ2v) is 5.64. The molecule has 1 unspecified atom stereocenters. The molecule has 0 amide bonds. The van der Waals surface area contributed by atoms with Crippen molar-refractivity contribution in [2.45, 2.75) is 45.7 Å². The van der Waals surface area contributed by atoms with E-state index in [1.54, 1.807) is 0 Å². The number of fused-ring (bicyclic) bond motifs is 1. The van der Waals surface area contributed by atoms with Crippen LogP contribution in [0.3, 0.4) is 0 Å². The van der Waals surface area contributed by atoms with Crippen molar-refractivity contribution < 1.29 is 0 Å². The Balaban J connectivity index is 2.29. The Morgan fingerprint density at radius 3 is 3.06 bits per heavy atom. The van der Waals surface area contributed by atoms with Crippen molar-refractivity contribution in [3.8, 4) is 0 Å². The molecule has 0 fully saturated rings. The minimum atomic E-state index is 0.212. The van der Waals surface area contributed by atoms with E-state index in [2.05, 4.69) is 37.3 Å². The molecule has 0 saturated heterocycles. The Morgan fingerprint density at radius 2 is 2.38 bits per heavy atom. The van der Waals surface area contributed by atoms with E-state index >= 15 is 0 Å². The number of hydrogen-bond donors (Lipinski definition) is 1. The van der Waals surface area contributed by atoms with Crippen LogP contribution in [0, 0.1) is 5.41 Å². The topological polar surface area (TPSA) is 30.9 Å². The maximum atomic E-state index is 6.23. The Bertz CT molecular complexity index is 387. The molecule has 2 heteroatoms. The number of nitrogens with two attached hydrogens (primary N) is 1. The summed E-state index contributed by atoms with van der Waals surface area (Å²) < 4.78 is 2.35. The summed E-state index contributed by atoms with van der Waals surface area (Å²) in [5.41, 5.74) is 9.35. The van der Waals surface area contributed by atoms with Crippen LogP contribution in [-0.2, 0) is 13.0 Å². The van der Waals surface area contributed by atoms with Gasteiger partial charge in [0.2, 0.25) is 0 Å². The van der Waals surface area contributed by atoms with Gasteiger partial charge in [-0.3, -0.25) is 0 Å². The van der Waals surface area contributed by atoms with E-state index in [1.807, 2.05) is 6.08 Å². The van der Waals surface area contributed by atoms with Crippen LogP contribution in [0.25, 0.3) is 0 Å². The molecule has 16 heavy (non-hydrogen) atoms. The van der Waals surface area contributed by atoms with Gasteiger partial charge < -0.3 is 10.3 Å². The number of allylic oxidation sites excluding steroid dienone is 1. The SMILES string of the molecule is C=CCCn1ccc2c1CC(C)(C)CC2N. The third-order valence-electron chi connectivity index (χ3n) is 3.51. The lowest BCUT2D eigenvalue weighted by atomic mass is 9.74. The van der Waals surface area contributed by atoms with Crippen LogP contribution in [-0.4, -0.2) is 4.57 Å². The molecule has 0 saturated carbocycles. The molecule has 1 aromatic rings. The third kappa shape index (κ3) is 2.07. The van der Waals surface area contributed by atoms with Gasteiger partial charge in [0.05, 0.1) is 0 Å². The van der Waals surface area contributed by atoms with Gasteiger partial charge in [0, 0.05) is 24.5 Å². The zero-order valence-corrected chi connectivity index (χ0v) is 10.4. The minimum absolute atomic E-state index is 0.212. The van der Waals surface area contributed by atoms with Crippen molar-refractivity contribution in [3.63, 3.8) is 0 Å². The number of aromatic nitrogens is 1. The molecule has 1 aromatic heterocycles. The fourth-order valence-electron chi connectivity index (χ4n) is 2.73. The summed E-state index contributed by atoms with van der Waals surface area (Å²) in [6.45, 7) is 9.42. The molecule has 88 valence electrons. The van der Waals surface area contributed by atoms with Crippen LogP contribution in [0.15, 0.2) is 24.9 Å². The second-order valence-electron chi connectivity index (χ2n) is 5.64. The van der Waals surface area contributed by atoms with Gasteiger partial charge >= 0.3 is 0 Å². The van der Waals surface area contributed by atoms with E-state index in [-0.39, 0.29) is 6.04 Å². The monoisotopic (exact) mass is 218 g/mol. The van der Waals surface area contributed by atoms with Crippen molar-refractivity contribution in [3.05, 3.63) is 36.2 Å². The maximum Gasteiger partial charge on any atom is 0.0318 e. The second kappa shape index (κ2) is 4.10. The molecular formula is C14H22N2. The van der Waals surface area contributed by atoms with Crippen LogP contribution in [0.1, 0.15) is 44.0 Å². The quantitative estimate of drug-likeness (QED) is 0.777. The zero-order chi connectivity index (χ0) is 11.8. The molecule has 2 nitrogen and oxygen atoms in total. The molecule has 1 aliphatic rings. The predicted octanol–water partition coefficient (Wildman–Crippen LogP) is 3.04. The molecular weight excluding hydrogens is 196 g/mol. The average molecular weight is 218 g/mol. The molecule has 0 radical (unpaired) electrons. The first kappa shape index (κ1) is 11.5. The van der Waals surface area contributed by atoms with Gasteiger partial charge in [0.25, 0.3) is 0 Å². The number of hydrogen-bond acceptors (Lipinski definition) is 1. The lowest BCUT2D eigenvalue weighted by molar-refractivity contribution is 0.275. The molecule has 1 aliphatic carbocycles. The molecule has 0 aromatic carbocycles. The summed E-state index contributed by atoms with van der Waals surface area (Å²) in [6.07, 6.45) is 7.40. The highest BCUT2D eigenvalue weighted by molar-refractivity contribution is 5.30. The van der Waals surface area contributed by atoms with E-state index in [4.69, 9.17) is 5.73 Å². The lowest BCUT2D eigenvalue weighted by Crippen LogP contribution is -2.30. The Morgan fingerprint density at radius 1 is 1.62 bits per heavy atom. The summed E-state index contributed by atoms with van der Waals surface area (Å²) in [4.78, 5) is 0. The van der Waals surface area contributed by atoms with Crippen molar-refractivity contribution >= 4 is 0 Å². The van der Waals surface area contributed by atoms with E-state index in [9.17, 15) is 0 Å². The molecule has 1 heterocycles. The summed E-state index contributed by atoms with van der Waals surface area (Å²) in [5, 5.41) is 0. The highest BCUT2D eigenvalue weighted by Gasteiger charge is 2.32. The standard InChI is InChI=1S/C14H22N2/c1-4-5-7-16-8-6-11-12(15)9-14(2,3)10-13(11)16/h4,6,8,12H,1,5,7,9-10,15H2,2-3H3. The first-order valence-corrected chi connectivity index (χ1v) is 6.08. The van der Waals surface area contributed by atoms with Gasteiger partial charge in [-0.05, 0) is 36.3 Å². The maximum absolute atomic E-state index is 6.23. The first-order valence-electron chi connectivity index (χ1n) is 6.08. The van der Waals surface area contributed by atoms with Gasteiger partial charge in [-0.2, -0.15) is 0 Å². The van der Waals surface area contributed by atoms with Crippen LogP contribution in [0.5, 0.6) is 0 Å². The molecule has 2 N–H and O–H groups in total. The van der Waals surface area contributed by atoms with E-state index < -0.39 is 0 Å². The molecule has 0 bridgehead atoms. The van der Waals surface area contributed by atoms with Crippen molar-refractivity contribution in [1.82, 2.24) is 4.57 Å². The number of aryl methyl sites for hydroxylation is 1. The first-order chi connectivity index (χ1) is 7.53. The highest BCUT2D eigenvalue weighted by Crippen LogP contribution is 2.39. The smallest absolute Gasteiger partial charge is 0.0318 e. The summed E-state index contributed by atoms with van der Waals surface area (Å²) in [6, 6.07) is 2.40. The third-order valence-corrected chi connectivity index (χ3v) is 3.51. The molecule has 2 rings (SSSR count). The largest absolute Gasteiger partial charge is 0.351 e. The fourth-order valence-corrected chi connectivity index (χ4v) is 2.73. The van der Waals surface area contributed by atoms with Gasteiger partial charge in [0.15, 0.2) is 0 Å². The number of rotatable bonds is 3. The number of nitrogens with zero attached hydrogens (tertiary/aromatic N) is 1. The lowest BCUT2D eigenvalue weighted by Gasteiger charge is -2.34. The minimum Gasteiger partial charge on any atom is -0.351 e. The summed E-state index contributed by atoms with van der Waals surface area (Å²) in [7, 11) is 0. The Labute approximate surface area is 98.1 Å². The van der Waals surface area contributed by atoms with E-state index in [0.29, 0.717) is 5.41 Å². The van der Waals surface area contributed by atoms with E-state index in [1.165, 1.54) is 11.3 Å². The van der Waals surface area contributed by atoms with Crippen LogP contribution in [0.4, 0.5) is 0 Å². The van der Waals surface area contributed by atoms with E-state index in [0.717, 1.165) is 25.8 Å². The fraction of sp³-hybridized carbons (Fsp3) is 0.571. The van der Waals surface area contributed by atoms with Crippen molar-refractivity contribution in [2.24, 2.45) is 11.1 Å². The summed E-state index contributed by atoms with van der Waals surface area (Å²) >= 11 is 0. The molecule has 1 atom stereocenters. The molecule has 0 spiro atoms. The van der Waals surface area contributed by atoms with Gasteiger partial charge in [-0.15, -0.1) is 6.58 Å².